The minimum absolute atomic E-state index is 0.247. The van der Waals surface area contributed by atoms with E-state index < -0.39 is 6.17 Å². The molecular formula is C20H26FN7S. The molecule has 2 fully saturated rings. The van der Waals surface area contributed by atoms with Crippen molar-refractivity contribution in [3.8, 4) is 6.07 Å². The smallest absolute Gasteiger partial charge is 0.229 e. The lowest BCUT2D eigenvalue weighted by atomic mass is 9.85. The Hall–Kier alpha value is -2.31. The van der Waals surface area contributed by atoms with Crippen LogP contribution < -0.4 is 15.5 Å². The van der Waals surface area contributed by atoms with Crippen LogP contribution in [0.3, 0.4) is 0 Å². The first kappa shape index (κ1) is 20.0. The van der Waals surface area contributed by atoms with Crippen molar-refractivity contribution in [1.82, 2.24) is 19.7 Å². The lowest BCUT2D eigenvalue weighted by Gasteiger charge is -2.51. The fourth-order valence-corrected chi connectivity index (χ4v) is 4.83. The summed E-state index contributed by atoms with van der Waals surface area (Å²) in [5.74, 6) is 1.79. The molecule has 0 radical (unpaired) electrons. The van der Waals surface area contributed by atoms with E-state index in [9.17, 15) is 9.65 Å². The summed E-state index contributed by atoms with van der Waals surface area (Å²) in [6.45, 7) is 6.14. The molecule has 0 amide bonds. The molecule has 4 rings (SSSR count). The molecule has 3 heterocycles. The lowest BCUT2D eigenvalue weighted by molar-refractivity contribution is 0.239. The van der Waals surface area contributed by atoms with Gasteiger partial charge >= 0.3 is 0 Å². The summed E-state index contributed by atoms with van der Waals surface area (Å²) in [6, 6.07) is 4.28. The van der Waals surface area contributed by atoms with E-state index in [1.54, 1.807) is 0 Å². The molecule has 7 nitrogen and oxygen atoms in total. The number of rotatable bonds is 7. The summed E-state index contributed by atoms with van der Waals surface area (Å²) in [5, 5.41) is 17.0. The van der Waals surface area contributed by atoms with Crippen LogP contribution in [0.5, 0.6) is 0 Å². The Bertz CT molecular complexity index is 902. The van der Waals surface area contributed by atoms with E-state index >= 15 is 0 Å². The highest BCUT2D eigenvalue weighted by Crippen LogP contribution is 2.33. The Balaban J connectivity index is 1.41. The van der Waals surface area contributed by atoms with Crippen LogP contribution in [-0.2, 0) is 0 Å². The number of aryl methyl sites for hydroxylation is 2. The number of alkyl halides is 1. The predicted octanol–water partition coefficient (Wildman–Crippen LogP) is 3.49. The summed E-state index contributed by atoms with van der Waals surface area (Å²) < 4.78 is 17.7. The molecule has 2 N–H and O–H groups in total. The Morgan fingerprint density at radius 1 is 1.38 bits per heavy atom. The van der Waals surface area contributed by atoms with Crippen LogP contribution in [-0.4, -0.2) is 45.7 Å². The molecule has 2 aliphatic rings. The van der Waals surface area contributed by atoms with Crippen molar-refractivity contribution in [1.29, 1.82) is 5.26 Å². The van der Waals surface area contributed by atoms with Crippen LogP contribution >= 0.6 is 11.5 Å². The highest BCUT2D eigenvalue weighted by molar-refractivity contribution is 7.10. The van der Waals surface area contributed by atoms with Crippen molar-refractivity contribution in [3.05, 3.63) is 23.5 Å². The number of nitrogens with zero attached hydrogens (tertiary/aromatic N) is 5. The van der Waals surface area contributed by atoms with E-state index in [0.717, 1.165) is 35.0 Å². The summed E-state index contributed by atoms with van der Waals surface area (Å²) >= 11 is 1.38. The zero-order valence-corrected chi connectivity index (χ0v) is 17.6. The topological polar surface area (TPSA) is 89.8 Å². The van der Waals surface area contributed by atoms with E-state index in [2.05, 4.69) is 31.0 Å². The van der Waals surface area contributed by atoms with Crippen molar-refractivity contribution < 1.29 is 4.39 Å². The van der Waals surface area contributed by atoms with Gasteiger partial charge in [0.05, 0.1) is 23.7 Å². The molecule has 9 heteroatoms. The van der Waals surface area contributed by atoms with Crippen LogP contribution in [0, 0.1) is 31.1 Å². The molecular weight excluding hydrogens is 389 g/mol. The molecule has 2 aromatic rings. The molecule has 2 atom stereocenters. The van der Waals surface area contributed by atoms with Gasteiger partial charge in [-0.2, -0.15) is 14.6 Å². The van der Waals surface area contributed by atoms with Crippen molar-refractivity contribution in [2.45, 2.75) is 51.2 Å². The summed E-state index contributed by atoms with van der Waals surface area (Å²) in [6.07, 6.45) is 3.82. The van der Waals surface area contributed by atoms with Gasteiger partial charge in [0.25, 0.3) is 0 Å². The Labute approximate surface area is 174 Å². The number of anilines is 3. The molecule has 2 aromatic heterocycles. The summed E-state index contributed by atoms with van der Waals surface area (Å²) in [7, 11) is 0. The van der Waals surface area contributed by atoms with Gasteiger partial charge in [0.2, 0.25) is 5.95 Å². The van der Waals surface area contributed by atoms with Crippen molar-refractivity contribution in [2.75, 3.05) is 29.9 Å². The average Bonchev–Trinajstić information content (AvgIpc) is 3.26. The van der Waals surface area contributed by atoms with Crippen LogP contribution in [0.2, 0.25) is 0 Å². The molecule has 1 saturated carbocycles. The molecule has 29 heavy (non-hydrogen) atoms. The van der Waals surface area contributed by atoms with Gasteiger partial charge in [0.15, 0.2) is 0 Å². The van der Waals surface area contributed by atoms with Crippen molar-refractivity contribution in [2.24, 2.45) is 5.92 Å². The van der Waals surface area contributed by atoms with Crippen molar-refractivity contribution in [3.63, 3.8) is 0 Å². The SMILES string of the molecule is Cc1cc(Nc2ncc(C)c(N3CC(CC#N)(NC[C@@H]4CC[C@H](F)C4)C3)n2)sn1. The summed E-state index contributed by atoms with van der Waals surface area (Å²) in [5.41, 5.74) is 1.71. The monoisotopic (exact) mass is 415 g/mol. The largest absolute Gasteiger partial charge is 0.352 e. The average molecular weight is 416 g/mol. The number of halogens is 1. The first-order chi connectivity index (χ1) is 14.0. The molecule has 0 spiro atoms. The lowest BCUT2D eigenvalue weighted by Crippen LogP contribution is -2.70. The quantitative estimate of drug-likeness (QED) is 0.715. The van der Waals surface area contributed by atoms with Crippen LogP contribution in [0.15, 0.2) is 12.3 Å². The Kier molecular flexibility index (Phi) is 5.65. The molecule has 0 unspecified atom stereocenters. The standard InChI is InChI=1S/C20H26FN7S/c1-13-9-23-19(25-17-7-14(2)27-29-17)26-18(13)28-11-20(12-28,5-6-22)24-10-15-3-4-16(21)8-15/h7,9,15-16,24H,3-5,8,10-12H2,1-2H3,(H,23,25,26)/t15-,16+/m1/s1. The normalized spacial score (nSPS) is 22.9. The molecule has 1 aliphatic heterocycles. The zero-order chi connectivity index (χ0) is 20.4. The summed E-state index contributed by atoms with van der Waals surface area (Å²) in [4.78, 5) is 11.3. The van der Waals surface area contributed by atoms with E-state index in [4.69, 9.17) is 4.98 Å². The third-order valence-electron chi connectivity index (χ3n) is 5.75. The maximum atomic E-state index is 13.4. The molecule has 0 aromatic carbocycles. The number of nitriles is 1. The number of hydrogen-bond acceptors (Lipinski definition) is 8. The molecule has 1 saturated heterocycles. The van der Waals surface area contributed by atoms with Crippen LogP contribution in [0.4, 0.5) is 21.2 Å². The predicted molar refractivity (Wildman–Crippen MR) is 112 cm³/mol. The molecule has 1 aliphatic carbocycles. The van der Waals surface area contributed by atoms with E-state index in [0.29, 0.717) is 44.2 Å². The minimum atomic E-state index is -0.663. The van der Waals surface area contributed by atoms with Gasteiger partial charge in [-0.3, -0.25) is 0 Å². The number of aromatic nitrogens is 3. The third kappa shape index (κ3) is 4.49. The van der Waals surface area contributed by atoms with Gasteiger partial charge in [0, 0.05) is 24.8 Å². The van der Waals surface area contributed by atoms with E-state index in [-0.39, 0.29) is 5.54 Å². The van der Waals surface area contributed by atoms with Gasteiger partial charge < -0.3 is 15.5 Å². The Morgan fingerprint density at radius 3 is 2.86 bits per heavy atom. The number of nitrogens with one attached hydrogen (secondary N) is 2. The highest BCUT2D eigenvalue weighted by atomic mass is 32.1. The maximum Gasteiger partial charge on any atom is 0.229 e. The molecule has 154 valence electrons. The van der Waals surface area contributed by atoms with Gasteiger partial charge in [-0.15, -0.1) is 0 Å². The van der Waals surface area contributed by atoms with E-state index in [1.807, 2.05) is 26.1 Å². The van der Waals surface area contributed by atoms with Crippen molar-refractivity contribution >= 4 is 28.3 Å². The van der Waals surface area contributed by atoms with Gasteiger partial charge in [-0.05, 0) is 63.2 Å². The second-order valence-corrected chi connectivity index (χ2v) is 9.09. The van der Waals surface area contributed by atoms with Crippen LogP contribution in [0.1, 0.15) is 36.9 Å². The zero-order valence-electron chi connectivity index (χ0n) is 16.8. The van der Waals surface area contributed by atoms with Gasteiger partial charge in [0.1, 0.15) is 17.0 Å². The fraction of sp³-hybridized carbons (Fsp3) is 0.600. The fourth-order valence-electron chi connectivity index (χ4n) is 4.18. The minimum Gasteiger partial charge on any atom is -0.352 e. The Morgan fingerprint density at radius 2 is 2.21 bits per heavy atom. The first-order valence-electron chi connectivity index (χ1n) is 10.0. The second kappa shape index (κ2) is 8.20. The van der Waals surface area contributed by atoms with Gasteiger partial charge in [-0.25, -0.2) is 9.37 Å². The van der Waals surface area contributed by atoms with Crippen LogP contribution in [0.25, 0.3) is 0 Å². The third-order valence-corrected chi connectivity index (χ3v) is 6.55. The number of hydrogen-bond donors (Lipinski definition) is 2. The highest BCUT2D eigenvalue weighted by Gasteiger charge is 2.44. The first-order valence-corrected chi connectivity index (χ1v) is 10.8. The van der Waals surface area contributed by atoms with E-state index in [1.165, 1.54) is 11.5 Å². The second-order valence-electron chi connectivity index (χ2n) is 8.29. The molecule has 0 bridgehead atoms. The maximum absolute atomic E-state index is 13.4. The van der Waals surface area contributed by atoms with Gasteiger partial charge in [-0.1, -0.05) is 0 Å².